The number of benzene rings is 1. The van der Waals surface area contributed by atoms with Crippen LogP contribution < -0.4 is 5.32 Å². The van der Waals surface area contributed by atoms with Gasteiger partial charge in [0.1, 0.15) is 0 Å². The van der Waals surface area contributed by atoms with Gasteiger partial charge in [0, 0.05) is 21.8 Å². The molecular weight excluding hydrogens is 310 g/mol. The lowest BCUT2D eigenvalue weighted by molar-refractivity contribution is 0.0955. The van der Waals surface area contributed by atoms with Crippen molar-refractivity contribution >= 4 is 49.6 Å². The van der Waals surface area contributed by atoms with Gasteiger partial charge in [0.2, 0.25) is 0 Å². The molecule has 2 aromatic heterocycles. The highest BCUT2D eigenvalue weighted by molar-refractivity contribution is 7.27. The topological polar surface area (TPSA) is 29.1 Å². The third-order valence-electron chi connectivity index (χ3n) is 2.96. The van der Waals surface area contributed by atoms with Crippen molar-refractivity contribution in [1.29, 1.82) is 0 Å². The summed E-state index contributed by atoms with van der Waals surface area (Å²) < 4.78 is 2.34. The van der Waals surface area contributed by atoms with E-state index in [-0.39, 0.29) is 5.91 Å². The molecule has 0 spiro atoms. The maximum absolute atomic E-state index is 12.1. The molecule has 0 fully saturated rings. The number of rotatable bonds is 4. The second-order valence-electron chi connectivity index (χ2n) is 4.40. The highest BCUT2D eigenvalue weighted by Gasteiger charge is 2.10. The summed E-state index contributed by atoms with van der Waals surface area (Å²) in [7, 11) is 0. The zero-order valence-corrected chi connectivity index (χ0v) is 12.9. The number of nitrogens with one attached hydrogen (secondary N) is 1. The summed E-state index contributed by atoms with van der Waals surface area (Å²) in [5, 5.41) is 4.99. The van der Waals surface area contributed by atoms with Crippen molar-refractivity contribution in [3.8, 4) is 0 Å². The smallest absolute Gasteiger partial charge is 0.261 e. The number of halogens is 1. The van der Waals surface area contributed by atoms with Gasteiger partial charge in [-0.15, -0.1) is 34.3 Å². The highest BCUT2D eigenvalue weighted by atomic mass is 35.5. The molecule has 1 N–H and O–H groups in total. The number of thiophene rings is 2. The van der Waals surface area contributed by atoms with Gasteiger partial charge < -0.3 is 5.32 Å². The van der Waals surface area contributed by atoms with E-state index >= 15 is 0 Å². The van der Waals surface area contributed by atoms with Crippen LogP contribution in [-0.4, -0.2) is 5.91 Å². The summed E-state index contributed by atoms with van der Waals surface area (Å²) in [6, 6.07) is 11.9. The van der Waals surface area contributed by atoms with Crippen molar-refractivity contribution in [1.82, 2.24) is 5.32 Å². The molecule has 5 heteroatoms. The third-order valence-corrected chi connectivity index (χ3v) is 5.36. The molecular formula is C15H12ClNOS2. The lowest BCUT2D eigenvalue weighted by Gasteiger charge is -2.05. The van der Waals surface area contributed by atoms with Crippen molar-refractivity contribution in [3.05, 3.63) is 57.8 Å². The van der Waals surface area contributed by atoms with E-state index in [4.69, 9.17) is 11.6 Å². The maximum atomic E-state index is 12.1. The van der Waals surface area contributed by atoms with Crippen LogP contribution in [0.4, 0.5) is 0 Å². The number of carbonyl (C=O) groups is 1. The summed E-state index contributed by atoms with van der Waals surface area (Å²) >= 11 is 9.00. The highest BCUT2D eigenvalue weighted by Crippen LogP contribution is 2.29. The average molecular weight is 322 g/mol. The van der Waals surface area contributed by atoms with Crippen LogP contribution in [-0.2, 0) is 12.4 Å². The van der Waals surface area contributed by atoms with Gasteiger partial charge in [0.05, 0.1) is 4.88 Å². The van der Waals surface area contributed by atoms with Crippen molar-refractivity contribution in [2.24, 2.45) is 0 Å². The molecule has 2 heterocycles. The van der Waals surface area contributed by atoms with E-state index in [1.54, 1.807) is 11.3 Å². The quantitative estimate of drug-likeness (QED) is 0.697. The van der Waals surface area contributed by atoms with Gasteiger partial charge in [-0.05, 0) is 28.6 Å². The zero-order chi connectivity index (χ0) is 13.9. The van der Waals surface area contributed by atoms with Crippen molar-refractivity contribution in [2.75, 3.05) is 0 Å². The molecule has 0 bridgehead atoms. The van der Waals surface area contributed by atoms with Gasteiger partial charge in [-0.3, -0.25) is 4.79 Å². The van der Waals surface area contributed by atoms with E-state index in [2.05, 4.69) is 5.32 Å². The van der Waals surface area contributed by atoms with E-state index in [9.17, 15) is 4.79 Å². The minimum atomic E-state index is -0.0188. The number of amides is 1. The second-order valence-corrected chi connectivity index (χ2v) is 6.69. The average Bonchev–Trinajstić information content (AvgIpc) is 3.06. The van der Waals surface area contributed by atoms with E-state index in [1.807, 2.05) is 41.8 Å². The predicted octanol–water partition coefficient (Wildman–Crippen LogP) is 4.63. The minimum Gasteiger partial charge on any atom is -0.347 e. The van der Waals surface area contributed by atoms with Gasteiger partial charge in [-0.2, -0.15) is 0 Å². The summed E-state index contributed by atoms with van der Waals surface area (Å²) in [5.74, 6) is 0.470. The minimum absolute atomic E-state index is 0.0188. The Morgan fingerprint density at radius 2 is 2.00 bits per heavy atom. The van der Waals surface area contributed by atoms with Crippen molar-refractivity contribution in [2.45, 2.75) is 12.4 Å². The van der Waals surface area contributed by atoms with Crippen LogP contribution >= 0.6 is 34.3 Å². The molecule has 0 radical (unpaired) electrons. The maximum Gasteiger partial charge on any atom is 0.261 e. The van der Waals surface area contributed by atoms with Gasteiger partial charge in [-0.1, -0.05) is 24.3 Å². The Labute approximate surface area is 130 Å². The third kappa shape index (κ3) is 2.87. The largest absolute Gasteiger partial charge is 0.347 e. The van der Waals surface area contributed by atoms with E-state index < -0.39 is 0 Å². The molecule has 3 aromatic rings. The monoisotopic (exact) mass is 321 g/mol. The summed E-state index contributed by atoms with van der Waals surface area (Å²) in [6.07, 6.45) is 0. The van der Waals surface area contributed by atoms with Crippen LogP contribution in [0.25, 0.3) is 9.40 Å². The molecule has 0 aliphatic carbocycles. The van der Waals surface area contributed by atoms with Gasteiger partial charge >= 0.3 is 0 Å². The molecule has 20 heavy (non-hydrogen) atoms. The fourth-order valence-electron chi connectivity index (χ4n) is 1.97. The Morgan fingerprint density at radius 3 is 2.80 bits per heavy atom. The Balaban J connectivity index is 1.68. The SMILES string of the molecule is O=C(NCc1cccc(CCl)c1)c1cc2sccc2s1. The van der Waals surface area contributed by atoms with Gasteiger partial charge in [0.15, 0.2) is 0 Å². The summed E-state index contributed by atoms with van der Waals surface area (Å²) in [6.45, 7) is 0.523. The number of hydrogen-bond acceptors (Lipinski definition) is 3. The molecule has 0 aliphatic rings. The van der Waals surface area contributed by atoms with E-state index in [0.717, 1.165) is 16.0 Å². The van der Waals surface area contributed by atoms with Gasteiger partial charge in [0.25, 0.3) is 5.91 Å². The Hall–Kier alpha value is -1.36. The molecule has 2 nitrogen and oxygen atoms in total. The lowest BCUT2D eigenvalue weighted by Crippen LogP contribution is -2.21. The van der Waals surface area contributed by atoms with Crippen LogP contribution in [0.3, 0.4) is 0 Å². The molecule has 0 aliphatic heterocycles. The van der Waals surface area contributed by atoms with Crippen LogP contribution in [0, 0.1) is 0 Å². The first-order chi connectivity index (χ1) is 9.76. The van der Waals surface area contributed by atoms with Crippen LogP contribution in [0.5, 0.6) is 0 Å². The van der Waals surface area contributed by atoms with E-state index in [1.165, 1.54) is 20.7 Å². The lowest BCUT2D eigenvalue weighted by atomic mass is 10.1. The molecule has 0 unspecified atom stereocenters. The fraction of sp³-hybridized carbons (Fsp3) is 0.133. The van der Waals surface area contributed by atoms with Crippen LogP contribution in [0.2, 0.25) is 0 Å². The first kappa shape index (κ1) is 13.6. The Kier molecular flexibility index (Phi) is 4.05. The second kappa shape index (κ2) is 5.95. The van der Waals surface area contributed by atoms with Gasteiger partial charge in [-0.25, -0.2) is 0 Å². The number of carbonyl (C=O) groups excluding carboxylic acids is 1. The Morgan fingerprint density at radius 1 is 1.15 bits per heavy atom. The normalized spacial score (nSPS) is 10.8. The standard InChI is InChI=1S/C15H12ClNOS2/c16-8-10-2-1-3-11(6-10)9-17-15(18)14-7-13-12(20-14)4-5-19-13/h1-7H,8-9H2,(H,17,18). The van der Waals surface area contributed by atoms with Crippen molar-refractivity contribution in [3.63, 3.8) is 0 Å². The number of hydrogen-bond donors (Lipinski definition) is 1. The number of alkyl halides is 1. The van der Waals surface area contributed by atoms with Crippen LogP contribution in [0.1, 0.15) is 20.8 Å². The number of fused-ring (bicyclic) bond motifs is 1. The first-order valence-corrected chi connectivity index (χ1v) is 8.38. The molecule has 1 amide bonds. The zero-order valence-electron chi connectivity index (χ0n) is 10.6. The summed E-state index contributed by atoms with van der Waals surface area (Å²) in [5.41, 5.74) is 2.13. The van der Waals surface area contributed by atoms with Crippen LogP contribution in [0.15, 0.2) is 41.8 Å². The fourth-order valence-corrected chi connectivity index (χ4v) is 4.16. The Bertz CT molecular complexity index is 719. The van der Waals surface area contributed by atoms with Crippen molar-refractivity contribution < 1.29 is 4.79 Å². The predicted molar refractivity (Wildman–Crippen MR) is 86.9 cm³/mol. The molecule has 3 rings (SSSR count). The van der Waals surface area contributed by atoms with E-state index in [0.29, 0.717) is 12.4 Å². The molecule has 0 saturated heterocycles. The molecule has 102 valence electrons. The molecule has 0 saturated carbocycles. The molecule has 0 atom stereocenters. The first-order valence-electron chi connectivity index (χ1n) is 6.15. The summed E-state index contributed by atoms with van der Waals surface area (Å²) in [4.78, 5) is 12.9. The molecule has 1 aromatic carbocycles.